The SMILES string of the molecule is C1COCC(CNC2CCC3(CC2)OCCO3)C1. The van der Waals surface area contributed by atoms with Gasteiger partial charge in [0.25, 0.3) is 0 Å². The lowest BCUT2D eigenvalue weighted by Crippen LogP contribution is -2.44. The Morgan fingerprint density at radius 2 is 1.78 bits per heavy atom. The first-order valence-electron chi connectivity index (χ1n) is 7.45. The molecular weight excluding hydrogens is 230 g/mol. The highest BCUT2D eigenvalue weighted by Crippen LogP contribution is 2.35. The van der Waals surface area contributed by atoms with Crippen LogP contribution in [0.4, 0.5) is 0 Å². The maximum Gasteiger partial charge on any atom is 0.168 e. The zero-order valence-electron chi connectivity index (χ0n) is 11.2. The molecule has 18 heavy (non-hydrogen) atoms. The van der Waals surface area contributed by atoms with Crippen LogP contribution in [-0.4, -0.2) is 44.8 Å². The minimum atomic E-state index is -0.216. The Morgan fingerprint density at radius 3 is 2.44 bits per heavy atom. The summed E-state index contributed by atoms with van der Waals surface area (Å²) in [6, 6.07) is 0.644. The van der Waals surface area contributed by atoms with E-state index in [-0.39, 0.29) is 5.79 Å². The highest BCUT2D eigenvalue weighted by molar-refractivity contribution is 4.85. The van der Waals surface area contributed by atoms with Crippen LogP contribution in [0.2, 0.25) is 0 Å². The second-order valence-corrected chi connectivity index (χ2v) is 5.87. The molecule has 0 radical (unpaired) electrons. The van der Waals surface area contributed by atoms with Crippen LogP contribution < -0.4 is 5.32 Å². The molecule has 3 rings (SSSR count). The molecule has 1 saturated carbocycles. The summed E-state index contributed by atoms with van der Waals surface area (Å²) in [5.41, 5.74) is 0. The fourth-order valence-electron chi connectivity index (χ4n) is 3.35. The van der Waals surface area contributed by atoms with Gasteiger partial charge in [0.15, 0.2) is 5.79 Å². The zero-order chi connectivity index (χ0) is 12.3. The number of hydrogen-bond donors (Lipinski definition) is 1. The van der Waals surface area contributed by atoms with E-state index < -0.39 is 0 Å². The van der Waals surface area contributed by atoms with Gasteiger partial charge in [0.05, 0.1) is 19.8 Å². The van der Waals surface area contributed by atoms with Crippen LogP contribution in [0.15, 0.2) is 0 Å². The minimum absolute atomic E-state index is 0.216. The van der Waals surface area contributed by atoms with Crippen LogP contribution >= 0.6 is 0 Å². The fourth-order valence-corrected chi connectivity index (χ4v) is 3.35. The summed E-state index contributed by atoms with van der Waals surface area (Å²) < 4.78 is 17.0. The molecule has 1 aliphatic carbocycles. The molecule has 1 unspecified atom stereocenters. The summed E-state index contributed by atoms with van der Waals surface area (Å²) >= 11 is 0. The molecule has 104 valence electrons. The van der Waals surface area contributed by atoms with E-state index in [1.54, 1.807) is 0 Å². The lowest BCUT2D eigenvalue weighted by molar-refractivity contribution is -0.179. The Bertz CT molecular complexity index is 250. The Kier molecular flexibility index (Phi) is 4.19. The summed E-state index contributed by atoms with van der Waals surface area (Å²) in [6.07, 6.45) is 6.98. The van der Waals surface area contributed by atoms with E-state index in [9.17, 15) is 0 Å². The molecule has 4 heteroatoms. The van der Waals surface area contributed by atoms with E-state index in [0.717, 1.165) is 45.8 Å². The van der Waals surface area contributed by atoms with Crippen LogP contribution in [0.5, 0.6) is 0 Å². The lowest BCUT2D eigenvalue weighted by atomic mass is 9.89. The summed E-state index contributed by atoms with van der Waals surface area (Å²) in [6.45, 7) is 4.56. The highest BCUT2D eigenvalue weighted by atomic mass is 16.7. The van der Waals surface area contributed by atoms with Gasteiger partial charge in [-0.2, -0.15) is 0 Å². The Balaban J connectivity index is 1.37. The van der Waals surface area contributed by atoms with Gasteiger partial charge in [-0.05, 0) is 31.6 Å². The van der Waals surface area contributed by atoms with E-state index in [2.05, 4.69) is 5.32 Å². The summed E-state index contributed by atoms with van der Waals surface area (Å²) in [7, 11) is 0. The van der Waals surface area contributed by atoms with Crippen molar-refractivity contribution in [3.8, 4) is 0 Å². The van der Waals surface area contributed by atoms with E-state index in [1.165, 1.54) is 25.7 Å². The molecule has 3 fully saturated rings. The van der Waals surface area contributed by atoms with Gasteiger partial charge in [-0.25, -0.2) is 0 Å². The molecule has 1 N–H and O–H groups in total. The zero-order valence-corrected chi connectivity index (χ0v) is 11.2. The van der Waals surface area contributed by atoms with Gasteiger partial charge in [0, 0.05) is 32.0 Å². The molecule has 4 nitrogen and oxygen atoms in total. The molecule has 0 bridgehead atoms. The first-order valence-corrected chi connectivity index (χ1v) is 7.45. The van der Waals surface area contributed by atoms with Gasteiger partial charge in [0.2, 0.25) is 0 Å². The van der Waals surface area contributed by atoms with Crippen molar-refractivity contribution in [2.45, 2.75) is 50.4 Å². The maximum absolute atomic E-state index is 5.75. The topological polar surface area (TPSA) is 39.7 Å². The predicted octanol–water partition coefficient (Wildman–Crippen LogP) is 1.69. The normalized spacial score (nSPS) is 33.0. The second kappa shape index (κ2) is 5.87. The third kappa shape index (κ3) is 3.05. The smallest absolute Gasteiger partial charge is 0.168 e. The monoisotopic (exact) mass is 255 g/mol. The van der Waals surface area contributed by atoms with Gasteiger partial charge in [0.1, 0.15) is 0 Å². The molecule has 0 aromatic rings. The largest absolute Gasteiger partial charge is 0.381 e. The Labute approximate surface area is 109 Å². The van der Waals surface area contributed by atoms with Gasteiger partial charge in [-0.15, -0.1) is 0 Å². The predicted molar refractivity (Wildman–Crippen MR) is 68.4 cm³/mol. The first-order chi connectivity index (χ1) is 8.86. The number of hydrogen-bond acceptors (Lipinski definition) is 4. The van der Waals surface area contributed by atoms with Crippen LogP contribution in [0, 0.1) is 5.92 Å². The van der Waals surface area contributed by atoms with Crippen LogP contribution in [-0.2, 0) is 14.2 Å². The summed E-state index contributed by atoms with van der Waals surface area (Å²) in [4.78, 5) is 0. The number of rotatable bonds is 3. The van der Waals surface area contributed by atoms with E-state index in [1.807, 2.05) is 0 Å². The van der Waals surface area contributed by atoms with Crippen molar-refractivity contribution >= 4 is 0 Å². The van der Waals surface area contributed by atoms with Crippen molar-refractivity contribution in [3.05, 3.63) is 0 Å². The average molecular weight is 255 g/mol. The molecule has 0 aromatic carbocycles. The third-order valence-corrected chi connectivity index (χ3v) is 4.51. The fraction of sp³-hybridized carbons (Fsp3) is 1.00. The van der Waals surface area contributed by atoms with E-state index >= 15 is 0 Å². The van der Waals surface area contributed by atoms with Crippen molar-refractivity contribution in [1.82, 2.24) is 5.32 Å². The first kappa shape index (κ1) is 12.9. The van der Waals surface area contributed by atoms with Gasteiger partial charge >= 0.3 is 0 Å². The molecule has 0 aromatic heterocycles. The number of ether oxygens (including phenoxy) is 3. The quantitative estimate of drug-likeness (QED) is 0.833. The average Bonchev–Trinajstić information content (AvgIpc) is 2.88. The molecule has 2 heterocycles. The Hall–Kier alpha value is -0.160. The molecule has 2 aliphatic heterocycles. The third-order valence-electron chi connectivity index (χ3n) is 4.51. The molecule has 1 spiro atoms. The van der Waals surface area contributed by atoms with Crippen LogP contribution in [0.25, 0.3) is 0 Å². The standard InChI is InChI=1S/C14H25NO3/c1-2-12(11-16-7-1)10-15-13-3-5-14(6-4-13)17-8-9-18-14/h12-13,15H,1-11H2. The Morgan fingerprint density at radius 1 is 1.00 bits per heavy atom. The van der Waals surface area contributed by atoms with E-state index in [0.29, 0.717) is 12.0 Å². The van der Waals surface area contributed by atoms with Crippen LogP contribution in [0.3, 0.4) is 0 Å². The van der Waals surface area contributed by atoms with Crippen LogP contribution in [0.1, 0.15) is 38.5 Å². The van der Waals surface area contributed by atoms with Gasteiger partial charge in [-0.3, -0.25) is 0 Å². The summed E-state index contributed by atoms with van der Waals surface area (Å²) in [5.74, 6) is 0.500. The number of nitrogens with one attached hydrogen (secondary N) is 1. The van der Waals surface area contributed by atoms with Crippen molar-refractivity contribution in [1.29, 1.82) is 0 Å². The molecule has 3 aliphatic rings. The van der Waals surface area contributed by atoms with Crippen molar-refractivity contribution in [2.75, 3.05) is 33.0 Å². The van der Waals surface area contributed by atoms with E-state index in [4.69, 9.17) is 14.2 Å². The van der Waals surface area contributed by atoms with Crippen molar-refractivity contribution in [2.24, 2.45) is 5.92 Å². The molecule has 1 atom stereocenters. The van der Waals surface area contributed by atoms with Crippen molar-refractivity contribution < 1.29 is 14.2 Å². The molecule has 0 amide bonds. The lowest BCUT2D eigenvalue weighted by Gasteiger charge is -2.36. The summed E-state index contributed by atoms with van der Waals surface area (Å²) in [5, 5.41) is 3.71. The molecular formula is C14H25NO3. The highest BCUT2D eigenvalue weighted by Gasteiger charge is 2.40. The minimum Gasteiger partial charge on any atom is -0.381 e. The molecule has 2 saturated heterocycles. The maximum atomic E-state index is 5.75. The second-order valence-electron chi connectivity index (χ2n) is 5.87. The van der Waals surface area contributed by atoms with Gasteiger partial charge in [-0.1, -0.05) is 0 Å². The van der Waals surface area contributed by atoms with Gasteiger partial charge < -0.3 is 19.5 Å². The van der Waals surface area contributed by atoms with Crippen molar-refractivity contribution in [3.63, 3.8) is 0 Å².